The van der Waals surface area contributed by atoms with Crippen LogP contribution in [0.5, 0.6) is 0 Å². The van der Waals surface area contributed by atoms with Crippen molar-refractivity contribution in [3.63, 3.8) is 0 Å². The van der Waals surface area contributed by atoms with Gasteiger partial charge in [0, 0.05) is 83.8 Å². The van der Waals surface area contributed by atoms with Gasteiger partial charge in [-0.05, 0) is 172 Å². The average Bonchev–Trinajstić information content (AvgIpc) is 1.73. The minimum Gasteiger partial charge on any atom is -0.436 e. The van der Waals surface area contributed by atoms with Crippen molar-refractivity contribution in [3.05, 3.63) is 325 Å². The molecule has 15 heteroatoms. The third kappa shape index (κ3) is 14.5. The van der Waals surface area contributed by atoms with E-state index in [4.69, 9.17) is 33.3 Å². The molecule has 0 radical (unpaired) electrons. The van der Waals surface area contributed by atoms with E-state index in [1.165, 1.54) is 0 Å². The highest BCUT2D eigenvalue weighted by Gasteiger charge is 2.18. The van der Waals surface area contributed by atoms with E-state index in [0.717, 1.165) is 148 Å². The largest absolute Gasteiger partial charge is 0.488 e. The predicted molar refractivity (Wildman–Crippen MR) is 405 cm³/mol. The number of fused-ring (bicyclic) bond motifs is 3. The lowest BCUT2D eigenvalue weighted by atomic mass is 9.80. The van der Waals surface area contributed by atoms with E-state index in [9.17, 15) is 0 Å². The fraction of sp³-hybridized carbons (Fsp3) is 0.0119. The first-order valence-electron chi connectivity index (χ1n) is 31.5. The molecule has 0 spiro atoms. The van der Waals surface area contributed by atoms with Crippen LogP contribution in [0.1, 0.15) is 7.43 Å². The molecule has 7 heterocycles. The number of hydrogen-bond donors (Lipinski definition) is 2. The zero-order valence-corrected chi connectivity index (χ0v) is 55.3. The van der Waals surface area contributed by atoms with Crippen LogP contribution in [0.2, 0.25) is 0 Å². The monoisotopic (exact) mass is 1410 g/mol. The summed E-state index contributed by atoms with van der Waals surface area (Å²) < 4.78 is 19.7. The van der Waals surface area contributed by atoms with Gasteiger partial charge in [-0.2, -0.15) is 0 Å². The van der Waals surface area contributed by atoms with Gasteiger partial charge in [0.25, 0.3) is 0 Å². The molecular formula is C84H58BBr2N7O5. The third-order valence-corrected chi connectivity index (χ3v) is 17.7. The van der Waals surface area contributed by atoms with Gasteiger partial charge in [-0.3, -0.25) is 9.97 Å². The molecule has 0 saturated heterocycles. The van der Waals surface area contributed by atoms with E-state index < -0.39 is 7.12 Å². The van der Waals surface area contributed by atoms with Crippen molar-refractivity contribution in [2.45, 2.75) is 7.43 Å². The molecule has 0 amide bonds. The summed E-state index contributed by atoms with van der Waals surface area (Å²) in [5.41, 5.74) is 24.7. The molecule has 17 aromatic rings. The number of rotatable bonds is 12. The number of pyridine rings is 4. The van der Waals surface area contributed by atoms with E-state index in [-0.39, 0.29) is 7.43 Å². The van der Waals surface area contributed by atoms with Gasteiger partial charge < -0.3 is 23.3 Å². The Labute approximate surface area is 588 Å². The molecule has 0 aliphatic rings. The van der Waals surface area contributed by atoms with Crippen LogP contribution in [0.15, 0.2) is 338 Å². The zero-order valence-electron chi connectivity index (χ0n) is 52.1. The van der Waals surface area contributed by atoms with Crippen molar-refractivity contribution < 1.29 is 23.3 Å². The SMILES string of the molecule is Brc1ccc(-c2ccc(-c3ccncc3)nc2-c2ccc(Br)cc2)cc1.C.OB(O)c1ccc(-c2nc3ccccc3o2)cc1.c1ccc2oc(-c3ccc(-c4ccc(-c5ccc(-c6ccncc6)nc5-c5ccc(-c6ccc(-c7nc8ccccc8o7)cc6)cc5)cc4)cc3)nc2c1. The second kappa shape index (κ2) is 29.2. The number of para-hydroxylation sites is 6. The number of nitrogens with zero attached hydrogens (tertiary/aromatic N) is 7. The van der Waals surface area contributed by atoms with Crippen molar-refractivity contribution in [3.8, 4) is 124 Å². The minimum atomic E-state index is -1.46. The molecule has 0 saturated carbocycles. The topological polar surface area (TPSA) is 170 Å². The van der Waals surface area contributed by atoms with E-state index in [0.29, 0.717) is 23.1 Å². The van der Waals surface area contributed by atoms with Gasteiger partial charge in [-0.25, -0.2) is 24.9 Å². The van der Waals surface area contributed by atoms with Crippen LogP contribution in [0, 0.1) is 0 Å². The lowest BCUT2D eigenvalue weighted by molar-refractivity contribution is 0.426. The van der Waals surface area contributed by atoms with Gasteiger partial charge in [-0.15, -0.1) is 0 Å². The van der Waals surface area contributed by atoms with Gasteiger partial charge in [0.15, 0.2) is 16.7 Å². The lowest BCUT2D eigenvalue weighted by Crippen LogP contribution is -2.29. The molecule has 12 nitrogen and oxygen atoms in total. The van der Waals surface area contributed by atoms with Crippen LogP contribution in [-0.2, 0) is 0 Å². The quantitative estimate of drug-likeness (QED) is 0.111. The van der Waals surface area contributed by atoms with Gasteiger partial charge in [-0.1, -0.05) is 197 Å². The van der Waals surface area contributed by atoms with Crippen LogP contribution in [0.3, 0.4) is 0 Å². The molecule has 7 aromatic heterocycles. The normalized spacial score (nSPS) is 10.9. The summed E-state index contributed by atoms with van der Waals surface area (Å²) in [7, 11) is -1.46. The summed E-state index contributed by atoms with van der Waals surface area (Å²) in [6, 6.07) is 96.9. The Morgan fingerprint density at radius 3 is 0.879 bits per heavy atom. The van der Waals surface area contributed by atoms with E-state index in [1.54, 1.807) is 49.1 Å². The van der Waals surface area contributed by atoms with Gasteiger partial charge >= 0.3 is 7.12 Å². The zero-order chi connectivity index (χ0) is 66.3. The molecule has 10 aromatic carbocycles. The van der Waals surface area contributed by atoms with Crippen LogP contribution in [-0.4, -0.2) is 52.1 Å². The molecule has 0 aliphatic heterocycles. The Morgan fingerprint density at radius 2 is 0.545 bits per heavy atom. The van der Waals surface area contributed by atoms with Gasteiger partial charge in [0.05, 0.1) is 22.8 Å². The summed E-state index contributed by atoms with van der Waals surface area (Å²) >= 11 is 7.01. The van der Waals surface area contributed by atoms with Gasteiger partial charge in [0.2, 0.25) is 17.7 Å². The maximum Gasteiger partial charge on any atom is 0.488 e. The van der Waals surface area contributed by atoms with Crippen molar-refractivity contribution in [2.24, 2.45) is 0 Å². The molecule has 476 valence electrons. The number of benzene rings is 10. The number of oxazole rings is 3. The fourth-order valence-corrected chi connectivity index (χ4v) is 12.0. The van der Waals surface area contributed by atoms with E-state index in [2.05, 4.69) is 215 Å². The molecule has 0 unspecified atom stereocenters. The smallest absolute Gasteiger partial charge is 0.436 e. The first-order valence-corrected chi connectivity index (χ1v) is 33.1. The molecule has 0 bridgehead atoms. The van der Waals surface area contributed by atoms with Crippen LogP contribution in [0.25, 0.3) is 157 Å². The summed E-state index contributed by atoms with van der Waals surface area (Å²) in [6.45, 7) is 0. The Bertz CT molecular complexity index is 5490. The minimum absolute atomic E-state index is 0. The second-order valence-corrected chi connectivity index (χ2v) is 24.8. The standard InChI is InChI=1S/C48H30N4O2.C22H14Br2N2.C13H10BNO3.CH4/c1-3-7-44-42(5-1)51-47(53-44)38-21-13-33(14-22-38)31-9-17-35(18-10-31)40-25-26-41(36-27-29-49-30-28-36)50-46(40)37-19-11-32(12-20-37)34-15-23-39(24-16-34)48-52-43-6-2-4-8-45(43)54-48;23-18-5-1-15(2-6-18)20-9-10-21(16-11-13-25-14-12-16)26-22(20)17-3-7-19(24)8-4-17;16-14(17)10-7-5-9(6-8-10)13-15-11-3-1-2-4-12(11)18-13;/h1-30H;1-14H;1-8,16-17H;1H4. The van der Waals surface area contributed by atoms with Crippen molar-refractivity contribution in [2.75, 3.05) is 0 Å². The Hall–Kier alpha value is -11.8. The molecule has 17 rings (SSSR count). The lowest BCUT2D eigenvalue weighted by Gasteiger charge is -2.13. The number of halogens is 2. The van der Waals surface area contributed by atoms with Crippen molar-refractivity contribution >= 4 is 77.7 Å². The van der Waals surface area contributed by atoms with Crippen LogP contribution in [0.4, 0.5) is 0 Å². The van der Waals surface area contributed by atoms with E-state index >= 15 is 0 Å². The Balaban J connectivity index is 0.000000153. The maximum atomic E-state index is 9.02. The third-order valence-electron chi connectivity index (χ3n) is 16.6. The molecule has 99 heavy (non-hydrogen) atoms. The number of hydrogen-bond acceptors (Lipinski definition) is 12. The van der Waals surface area contributed by atoms with Crippen LogP contribution >= 0.6 is 31.9 Å². The highest BCUT2D eigenvalue weighted by molar-refractivity contribution is 9.10. The average molecular weight is 1420 g/mol. The van der Waals surface area contributed by atoms with E-state index in [1.807, 2.05) is 109 Å². The molecule has 0 atom stereocenters. The van der Waals surface area contributed by atoms with Crippen LogP contribution < -0.4 is 5.46 Å². The fourth-order valence-electron chi connectivity index (χ4n) is 11.5. The maximum absolute atomic E-state index is 9.02. The highest BCUT2D eigenvalue weighted by Crippen LogP contribution is 2.38. The summed E-state index contributed by atoms with van der Waals surface area (Å²) in [4.78, 5) is 32.2. The summed E-state index contributed by atoms with van der Waals surface area (Å²) in [6.07, 6.45) is 7.18. The summed E-state index contributed by atoms with van der Waals surface area (Å²) in [5, 5.41) is 18.0. The molecule has 0 aliphatic carbocycles. The first-order chi connectivity index (χ1) is 48.2. The molecule has 0 fully saturated rings. The van der Waals surface area contributed by atoms with Gasteiger partial charge in [0.1, 0.15) is 16.6 Å². The second-order valence-electron chi connectivity index (χ2n) is 22.9. The molecule has 2 N–H and O–H groups in total. The predicted octanol–water partition coefficient (Wildman–Crippen LogP) is 21.2. The first kappa shape index (κ1) is 64.5. The van der Waals surface area contributed by atoms with Crippen molar-refractivity contribution in [1.29, 1.82) is 0 Å². The highest BCUT2D eigenvalue weighted by atomic mass is 79.9. The Morgan fingerprint density at radius 1 is 0.263 bits per heavy atom. The van der Waals surface area contributed by atoms with Crippen molar-refractivity contribution in [1.82, 2.24) is 34.9 Å². The summed E-state index contributed by atoms with van der Waals surface area (Å²) in [5.74, 6) is 1.76. The molecular weight excluding hydrogens is 1360 g/mol. The number of aromatic nitrogens is 7. The Kier molecular flexibility index (Phi) is 19.1.